The second-order valence-corrected chi connectivity index (χ2v) is 7.32. The van der Waals surface area contributed by atoms with E-state index in [9.17, 15) is 0 Å². The molecule has 0 saturated heterocycles. The van der Waals surface area contributed by atoms with Crippen molar-refractivity contribution in [1.29, 1.82) is 0 Å². The summed E-state index contributed by atoms with van der Waals surface area (Å²) in [7, 11) is 0. The molecule has 1 heterocycles. The van der Waals surface area contributed by atoms with E-state index in [0.717, 1.165) is 37.2 Å². The van der Waals surface area contributed by atoms with Crippen molar-refractivity contribution in [2.75, 3.05) is 6.61 Å². The summed E-state index contributed by atoms with van der Waals surface area (Å²) >= 11 is 3.62. The highest BCUT2D eigenvalue weighted by atomic mass is 79.9. The summed E-state index contributed by atoms with van der Waals surface area (Å²) in [5.74, 6) is 2.73. The average Bonchev–Trinajstić information content (AvgIpc) is 2.88. The van der Waals surface area contributed by atoms with Crippen LogP contribution in [0.25, 0.3) is 0 Å². The molecular formula is C17H24BrNO. The molecule has 0 bridgehead atoms. The van der Waals surface area contributed by atoms with Gasteiger partial charge in [0.25, 0.3) is 0 Å². The molecule has 2 nitrogen and oxygen atoms in total. The molecule has 0 spiro atoms. The van der Waals surface area contributed by atoms with Gasteiger partial charge < -0.3 is 10.1 Å². The number of fused-ring (bicyclic) bond motifs is 1. The zero-order chi connectivity index (χ0) is 14.1. The molecule has 110 valence electrons. The molecule has 1 aliphatic carbocycles. The Labute approximate surface area is 130 Å². The minimum Gasteiger partial charge on any atom is -0.493 e. The SMILES string of the molecule is CC1CCCC(NCc2cc(Br)cc3c2OCC3)C1C. The van der Waals surface area contributed by atoms with Crippen molar-refractivity contribution in [2.45, 2.75) is 52.1 Å². The van der Waals surface area contributed by atoms with Crippen molar-refractivity contribution in [3.8, 4) is 5.75 Å². The number of ether oxygens (including phenoxy) is 1. The van der Waals surface area contributed by atoms with E-state index in [1.807, 2.05) is 0 Å². The van der Waals surface area contributed by atoms with Gasteiger partial charge in [0.15, 0.2) is 0 Å². The Balaban J connectivity index is 1.69. The summed E-state index contributed by atoms with van der Waals surface area (Å²) in [5.41, 5.74) is 2.65. The Morgan fingerprint density at radius 2 is 2.15 bits per heavy atom. The molecule has 3 heteroatoms. The van der Waals surface area contributed by atoms with Crippen molar-refractivity contribution in [2.24, 2.45) is 11.8 Å². The van der Waals surface area contributed by atoms with Crippen LogP contribution in [-0.4, -0.2) is 12.6 Å². The molecule has 1 aliphatic heterocycles. The van der Waals surface area contributed by atoms with Crippen LogP contribution in [0, 0.1) is 11.8 Å². The number of halogens is 1. The van der Waals surface area contributed by atoms with E-state index in [4.69, 9.17) is 4.74 Å². The van der Waals surface area contributed by atoms with Gasteiger partial charge in [-0.1, -0.05) is 42.6 Å². The maximum absolute atomic E-state index is 5.81. The third-order valence-electron chi connectivity index (χ3n) is 5.09. The van der Waals surface area contributed by atoms with Crippen LogP contribution in [0.3, 0.4) is 0 Å². The van der Waals surface area contributed by atoms with Crippen LogP contribution in [0.15, 0.2) is 16.6 Å². The minimum absolute atomic E-state index is 0.648. The highest BCUT2D eigenvalue weighted by Gasteiger charge is 2.27. The fourth-order valence-corrected chi connectivity index (χ4v) is 4.14. The second-order valence-electron chi connectivity index (χ2n) is 6.41. The number of hydrogen-bond donors (Lipinski definition) is 1. The lowest BCUT2D eigenvalue weighted by Crippen LogP contribution is -2.40. The van der Waals surface area contributed by atoms with E-state index < -0.39 is 0 Å². The number of benzene rings is 1. The molecule has 3 atom stereocenters. The monoisotopic (exact) mass is 337 g/mol. The zero-order valence-corrected chi connectivity index (χ0v) is 14.0. The number of rotatable bonds is 3. The first-order valence-electron chi connectivity index (χ1n) is 7.82. The van der Waals surface area contributed by atoms with Crippen LogP contribution >= 0.6 is 15.9 Å². The summed E-state index contributed by atoms with van der Waals surface area (Å²) in [5, 5.41) is 3.77. The molecule has 0 amide bonds. The average molecular weight is 338 g/mol. The second kappa shape index (κ2) is 6.07. The predicted octanol–water partition coefficient (Wildman–Crippen LogP) is 4.30. The predicted molar refractivity (Wildman–Crippen MR) is 86.1 cm³/mol. The first kappa shape index (κ1) is 14.4. The van der Waals surface area contributed by atoms with Gasteiger partial charge in [0, 0.05) is 29.0 Å². The van der Waals surface area contributed by atoms with Gasteiger partial charge in [-0.05, 0) is 36.0 Å². The van der Waals surface area contributed by atoms with Crippen molar-refractivity contribution < 1.29 is 4.74 Å². The quantitative estimate of drug-likeness (QED) is 0.887. The third-order valence-corrected chi connectivity index (χ3v) is 5.54. The molecule has 1 saturated carbocycles. The van der Waals surface area contributed by atoms with Crippen molar-refractivity contribution >= 4 is 15.9 Å². The van der Waals surface area contributed by atoms with Gasteiger partial charge in [-0.25, -0.2) is 0 Å². The molecule has 3 unspecified atom stereocenters. The molecule has 0 radical (unpaired) electrons. The lowest BCUT2D eigenvalue weighted by atomic mass is 9.78. The van der Waals surface area contributed by atoms with E-state index in [0.29, 0.717) is 6.04 Å². The first-order valence-corrected chi connectivity index (χ1v) is 8.62. The summed E-state index contributed by atoms with van der Waals surface area (Å²) < 4.78 is 6.98. The molecule has 1 aromatic rings. The van der Waals surface area contributed by atoms with Gasteiger partial charge in [0.2, 0.25) is 0 Å². The van der Waals surface area contributed by atoms with Crippen LogP contribution in [0.1, 0.15) is 44.2 Å². The smallest absolute Gasteiger partial charge is 0.127 e. The standard InChI is InChI=1S/C17H24BrNO/c1-11-4-3-5-16(12(11)2)19-10-14-9-15(18)8-13-6-7-20-17(13)14/h8-9,11-12,16,19H,3-7,10H2,1-2H3. The zero-order valence-electron chi connectivity index (χ0n) is 12.4. The summed E-state index contributed by atoms with van der Waals surface area (Å²) in [6.07, 6.45) is 5.09. The van der Waals surface area contributed by atoms with Gasteiger partial charge in [0.05, 0.1) is 6.61 Å². The summed E-state index contributed by atoms with van der Waals surface area (Å²) in [4.78, 5) is 0. The van der Waals surface area contributed by atoms with Gasteiger partial charge in [-0.2, -0.15) is 0 Å². The molecule has 1 aromatic carbocycles. The molecule has 1 N–H and O–H groups in total. The van der Waals surface area contributed by atoms with E-state index in [1.165, 1.54) is 34.9 Å². The first-order chi connectivity index (χ1) is 9.65. The van der Waals surface area contributed by atoms with Crippen molar-refractivity contribution in [3.63, 3.8) is 0 Å². The van der Waals surface area contributed by atoms with Gasteiger partial charge >= 0.3 is 0 Å². The molecular weight excluding hydrogens is 314 g/mol. The Bertz CT molecular complexity index is 488. The Hall–Kier alpha value is -0.540. The maximum atomic E-state index is 5.81. The normalized spacial score (nSPS) is 29.1. The van der Waals surface area contributed by atoms with Crippen LogP contribution in [0.5, 0.6) is 5.75 Å². The van der Waals surface area contributed by atoms with Gasteiger partial charge in [0.1, 0.15) is 5.75 Å². The van der Waals surface area contributed by atoms with E-state index in [1.54, 1.807) is 0 Å². The van der Waals surface area contributed by atoms with Gasteiger partial charge in [-0.15, -0.1) is 0 Å². The summed E-state index contributed by atoms with van der Waals surface area (Å²) in [6, 6.07) is 5.04. The topological polar surface area (TPSA) is 21.3 Å². The lowest BCUT2D eigenvalue weighted by molar-refractivity contribution is 0.205. The van der Waals surface area contributed by atoms with Crippen molar-refractivity contribution in [1.82, 2.24) is 5.32 Å². The number of hydrogen-bond acceptors (Lipinski definition) is 2. The molecule has 1 fully saturated rings. The molecule has 2 aliphatic rings. The fraction of sp³-hybridized carbons (Fsp3) is 0.647. The third kappa shape index (κ3) is 2.89. The highest BCUT2D eigenvalue weighted by molar-refractivity contribution is 9.10. The van der Waals surface area contributed by atoms with E-state index >= 15 is 0 Å². The van der Waals surface area contributed by atoms with Crippen LogP contribution in [0.2, 0.25) is 0 Å². The largest absolute Gasteiger partial charge is 0.493 e. The highest BCUT2D eigenvalue weighted by Crippen LogP contribution is 2.34. The number of nitrogens with one attached hydrogen (secondary N) is 1. The molecule has 20 heavy (non-hydrogen) atoms. The van der Waals surface area contributed by atoms with Crippen LogP contribution in [-0.2, 0) is 13.0 Å². The molecule has 0 aromatic heterocycles. The fourth-order valence-electron chi connectivity index (χ4n) is 3.59. The Morgan fingerprint density at radius 3 is 3.00 bits per heavy atom. The van der Waals surface area contributed by atoms with Crippen LogP contribution < -0.4 is 10.1 Å². The minimum atomic E-state index is 0.648. The van der Waals surface area contributed by atoms with E-state index in [-0.39, 0.29) is 0 Å². The maximum Gasteiger partial charge on any atom is 0.127 e. The van der Waals surface area contributed by atoms with Crippen LogP contribution in [0.4, 0.5) is 0 Å². The van der Waals surface area contributed by atoms with Crippen molar-refractivity contribution in [3.05, 3.63) is 27.7 Å². The Morgan fingerprint density at radius 1 is 1.30 bits per heavy atom. The lowest BCUT2D eigenvalue weighted by Gasteiger charge is -2.35. The van der Waals surface area contributed by atoms with Gasteiger partial charge in [-0.3, -0.25) is 0 Å². The van der Waals surface area contributed by atoms with E-state index in [2.05, 4.69) is 47.2 Å². The molecule has 3 rings (SSSR count). The Kier molecular flexibility index (Phi) is 4.37. The summed E-state index contributed by atoms with van der Waals surface area (Å²) in [6.45, 7) is 6.53.